The molecule has 0 unspecified atom stereocenters. The maximum atomic E-state index is 11.0. The summed E-state index contributed by atoms with van der Waals surface area (Å²) in [6, 6.07) is 19.0. The zero-order chi connectivity index (χ0) is 16.2. The molecule has 0 saturated carbocycles. The number of aromatic carboxylic acids is 1. The number of carboxylic acids is 1. The van der Waals surface area contributed by atoms with Crippen molar-refractivity contribution in [2.24, 2.45) is 7.05 Å². The summed E-state index contributed by atoms with van der Waals surface area (Å²) in [5.41, 5.74) is 2.70. The third-order valence-corrected chi connectivity index (χ3v) is 3.48. The van der Waals surface area contributed by atoms with Crippen LogP contribution in [-0.2, 0) is 13.7 Å². The van der Waals surface area contributed by atoms with Gasteiger partial charge in [-0.15, -0.1) is 0 Å². The van der Waals surface area contributed by atoms with E-state index < -0.39 is 5.97 Å². The van der Waals surface area contributed by atoms with Crippen molar-refractivity contribution in [2.75, 3.05) is 0 Å². The van der Waals surface area contributed by atoms with Crippen molar-refractivity contribution in [3.05, 3.63) is 71.9 Å². The number of carboxylic acid groups (broad SMARTS) is 1. The fraction of sp³-hybridized carbons (Fsp3) is 0.111. The molecule has 0 fully saturated rings. The molecule has 0 spiro atoms. The minimum Gasteiger partial charge on any atom is -0.489 e. The topological polar surface area (TPSA) is 64.4 Å². The average Bonchev–Trinajstić information content (AvgIpc) is 2.96. The summed E-state index contributed by atoms with van der Waals surface area (Å²) in [6.45, 7) is 0.482. The molecule has 0 radical (unpaired) electrons. The van der Waals surface area contributed by atoms with Gasteiger partial charge in [0.1, 0.15) is 12.4 Å². The second kappa shape index (κ2) is 6.36. The Labute approximate surface area is 133 Å². The highest BCUT2D eigenvalue weighted by atomic mass is 16.5. The number of carbonyl (C=O) groups is 1. The monoisotopic (exact) mass is 308 g/mol. The van der Waals surface area contributed by atoms with E-state index in [1.807, 2.05) is 54.6 Å². The molecule has 23 heavy (non-hydrogen) atoms. The lowest BCUT2D eigenvalue weighted by Crippen LogP contribution is -1.99. The summed E-state index contributed by atoms with van der Waals surface area (Å²) in [6.07, 6.45) is 0. The smallest absolute Gasteiger partial charge is 0.356 e. The standard InChI is InChI=1S/C18H16N2O3/c1-20-17(11-16(19-20)18(21)22)14-8-5-9-15(10-14)23-12-13-6-3-2-4-7-13/h2-11H,12H2,1H3,(H,21,22). The van der Waals surface area contributed by atoms with Crippen LogP contribution in [0, 0.1) is 0 Å². The Morgan fingerprint density at radius 2 is 1.91 bits per heavy atom. The molecule has 3 aromatic rings. The summed E-state index contributed by atoms with van der Waals surface area (Å²) in [5.74, 6) is -0.312. The molecule has 0 aliphatic carbocycles. The molecular formula is C18H16N2O3. The van der Waals surface area contributed by atoms with Gasteiger partial charge in [0.25, 0.3) is 0 Å². The highest BCUT2D eigenvalue weighted by molar-refractivity contribution is 5.87. The van der Waals surface area contributed by atoms with Gasteiger partial charge in [0.2, 0.25) is 0 Å². The Bertz CT molecular complexity index is 825. The molecule has 2 aromatic carbocycles. The number of hydrogen-bond donors (Lipinski definition) is 1. The molecule has 1 aromatic heterocycles. The number of hydrogen-bond acceptors (Lipinski definition) is 3. The van der Waals surface area contributed by atoms with E-state index in [1.165, 1.54) is 0 Å². The van der Waals surface area contributed by atoms with Crippen LogP contribution in [0.1, 0.15) is 16.1 Å². The van der Waals surface area contributed by atoms with Gasteiger partial charge in [-0.1, -0.05) is 42.5 Å². The predicted octanol–water partition coefficient (Wildman–Crippen LogP) is 3.36. The lowest BCUT2D eigenvalue weighted by atomic mass is 10.1. The summed E-state index contributed by atoms with van der Waals surface area (Å²) < 4.78 is 7.36. The lowest BCUT2D eigenvalue weighted by Gasteiger charge is -2.08. The Balaban J connectivity index is 1.81. The van der Waals surface area contributed by atoms with Crippen LogP contribution >= 0.6 is 0 Å². The van der Waals surface area contributed by atoms with Crippen LogP contribution in [0.5, 0.6) is 5.75 Å². The molecule has 5 nitrogen and oxygen atoms in total. The second-order valence-corrected chi connectivity index (χ2v) is 5.15. The normalized spacial score (nSPS) is 10.5. The second-order valence-electron chi connectivity index (χ2n) is 5.15. The van der Waals surface area contributed by atoms with Gasteiger partial charge in [-0.25, -0.2) is 4.79 Å². The van der Waals surface area contributed by atoms with Gasteiger partial charge in [-0.3, -0.25) is 4.68 Å². The van der Waals surface area contributed by atoms with E-state index >= 15 is 0 Å². The molecule has 116 valence electrons. The van der Waals surface area contributed by atoms with Crippen LogP contribution in [0.15, 0.2) is 60.7 Å². The zero-order valence-corrected chi connectivity index (χ0v) is 12.6. The lowest BCUT2D eigenvalue weighted by molar-refractivity contribution is 0.0689. The Hall–Kier alpha value is -3.08. The Morgan fingerprint density at radius 1 is 1.13 bits per heavy atom. The van der Waals surface area contributed by atoms with E-state index in [0.29, 0.717) is 6.61 Å². The number of benzene rings is 2. The molecule has 0 amide bonds. The summed E-state index contributed by atoms with van der Waals surface area (Å²) in [4.78, 5) is 11.0. The minimum atomic E-state index is -1.04. The van der Waals surface area contributed by atoms with Gasteiger partial charge in [0, 0.05) is 12.6 Å². The van der Waals surface area contributed by atoms with Crippen LogP contribution in [0.3, 0.4) is 0 Å². The molecule has 0 bridgehead atoms. The van der Waals surface area contributed by atoms with Crippen molar-refractivity contribution in [1.82, 2.24) is 9.78 Å². The highest BCUT2D eigenvalue weighted by Crippen LogP contribution is 2.25. The average molecular weight is 308 g/mol. The predicted molar refractivity (Wildman–Crippen MR) is 86.4 cm³/mol. The Kier molecular flexibility index (Phi) is 4.10. The van der Waals surface area contributed by atoms with E-state index in [2.05, 4.69) is 5.10 Å². The first-order valence-electron chi connectivity index (χ1n) is 7.18. The van der Waals surface area contributed by atoms with E-state index in [0.717, 1.165) is 22.6 Å². The van der Waals surface area contributed by atoms with E-state index in [-0.39, 0.29) is 5.69 Å². The quantitative estimate of drug-likeness (QED) is 0.785. The minimum absolute atomic E-state index is 0.0260. The first-order chi connectivity index (χ1) is 11.1. The zero-order valence-electron chi connectivity index (χ0n) is 12.6. The van der Waals surface area contributed by atoms with Crippen molar-refractivity contribution < 1.29 is 14.6 Å². The number of rotatable bonds is 5. The van der Waals surface area contributed by atoms with Crippen molar-refractivity contribution in [2.45, 2.75) is 6.61 Å². The molecule has 0 saturated heterocycles. The maximum absolute atomic E-state index is 11.0. The van der Waals surface area contributed by atoms with E-state index in [4.69, 9.17) is 9.84 Å². The molecular weight excluding hydrogens is 292 g/mol. The summed E-state index contributed by atoms with van der Waals surface area (Å²) in [7, 11) is 1.72. The van der Waals surface area contributed by atoms with Crippen LogP contribution in [-0.4, -0.2) is 20.9 Å². The van der Waals surface area contributed by atoms with Crippen LogP contribution in [0.2, 0.25) is 0 Å². The summed E-state index contributed by atoms with van der Waals surface area (Å²) in [5, 5.41) is 13.0. The van der Waals surface area contributed by atoms with E-state index in [9.17, 15) is 4.79 Å². The fourth-order valence-electron chi connectivity index (χ4n) is 2.33. The fourth-order valence-corrected chi connectivity index (χ4v) is 2.33. The van der Waals surface area contributed by atoms with Crippen LogP contribution in [0.25, 0.3) is 11.3 Å². The van der Waals surface area contributed by atoms with Crippen molar-refractivity contribution in [1.29, 1.82) is 0 Å². The van der Waals surface area contributed by atoms with Gasteiger partial charge >= 0.3 is 5.97 Å². The molecule has 0 atom stereocenters. The van der Waals surface area contributed by atoms with Gasteiger partial charge < -0.3 is 9.84 Å². The van der Waals surface area contributed by atoms with E-state index in [1.54, 1.807) is 17.8 Å². The number of aryl methyl sites for hydroxylation is 1. The highest BCUT2D eigenvalue weighted by Gasteiger charge is 2.13. The summed E-state index contributed by atoms with van der Waals surface area (Å²) >= 11 is 0. The Morgan fingerprint density at radius 3 is 2.61 bits per heavy atom. The third-order valence-electron chi connectivity index (χ3n) is 3.48. The van der Waals surface area contributed by atoms with Crippen molar-refractivity contribution in [3.63, 3.8) is 0 Å². The SMILES string of the molecule is Cn1nc(C(=O)O)cc1-c1cccc(OCc2ccccc2)c1. The molecule has 3 rings (SSSR count). The van der Waals surface area contributed by atoms with Gasteiger partial charge in [0.05, 0.1) is 5.69 Å². The first-order valence-corrected chi connectivity index (χ1v) is 7.18. The molecule has 1 heterocycles. The van der Waals surface area contributed by atoms with Crippen LogP contribution in [0.4, 0.5) is 0 Å². The van der Waals surface area contributed by atoms with Gasteiger partial charge in [0.15, 0.2) is 5.69 Å². The third kappa shape index (κ3) is 3.40. The number of aromatic nitrogens is 2. The van der Waals surface area contributed by atoms with Gasteiger partial charge in [-0.05, 0) is 23.8 Å². The molecule has 5 heteroatoms. The van der Waals surface area contributed by atoms with Gasteiger partial charge in [-0.2, -0.15) is 5.10 Å². The number of nitrogens with zero attached hydrogens (tertiary/aromatic N) is 2. The molecule has 0 aliphatic rings. The molecule has 1 N–H and O–H groups in total. The molecule has 0 aliphatic heterocycles. The van der Waals surface area contributed by atoms with Crippen molar-refractivity contribution >= 4 is 5.97 Å². The van der Waals surface area contributed by atoms with Crippen molar-refractivity contribution in [3.8, 4) is 17.0 Å². The first kappa shape index (κ1) is 14.8. The van der Waals surface area contributed by atoms with Crippen LogP contribution < -0.4 is 4.74 Å². The maximum Gasteiger partial charge on any atom is 0.356 e. The number of ether oxygens (including phenoxy) is 1. The largest absolute Gasteiger partial charge is 0.489 e.